The van der Waals surface area contributed by atoms with Gasteiger partial charge in [-0.2, -0.15) is 0 Å². The molecule has 0 amide bonds. The summed E-state index contributed by atoms with van der Waals surface area (Å²) in [6.45, 7) is 4.60. The van der Waals surface area contributed by atoms with Crippen molar-refractivity contribution in [2.75, 3.05) is 13.7 Å². The number of carbonyl (C=O) groups excluding carboxylic acids is 1. The van der Waals surface area contributed by atoms with Crippen molar-refractivity contribution >= 4 is 23.0 Å². The zero-order valence-corrected chi connectivity index (χ0v) is 18.0. The van der Waals surface area contributed by atoms with Gasteiger partial charge in [0.05, 0.1) is 13.7 Å². The van der Waals surface area contributed by atoms with Crippen LogP contribution < -0.4 is 19.8 Å². The van der Waals surface area contributed by atoms with E-state index in [2.05, 4.69) is 6.92 Å². The third-order valence-electron chi connectivity index (χ3n) is 4.75. The Bertz CT molecular complexity index is 1140. The molecule has 6 heteroatoms. The summed E-state index contributed by atoms with van der Waals surface area (Å²) >= 11 is 0. The minimum atomic E-state index is -0.548. The molecular weight excluding hydrogens is 396 g/mol. The van der Waals surface area contributed by atoms with E-state index >= 15 is 0 Å². The van der Waals surface area contributed by atoms with Crippen molar-refractivity contribution in [2.24, 2.45) is 0 Å². The molecule has 3 rings (SSSR count). The van der Waals surface area contributed by atoms with Gasteiger partial charge in [-0.3, -0.25) is 0 Å². The Hall–Kier alpha value is -3.54. The number of rotatable bonds is 9. The molecule has 3 aromatic rings. The van der Waals surface area contributed by atoms with Crippen LogP contribution in [0.15, 0.2) is 57.8 Å². The minimum absolute atomic E-state index is 0.296. The van der Waals surface area contributed by atoms with Crippen LogP contribution in [-0.4, -0.2) is 19.7 Å². The van der Waals surface area contributed by atoms with E-state index in [0.717, 1.165) is 35.8 Å². The number of fused-ring (bicyclic) bond motifs is 1. The van der Waals surface area contributed by atoms with Crippen molar-refractivity contribution in [1.82, 2.24) is 0 Å². The Labute approximate surface area is 181 Å². The largest absolute Gasteiger partial charge is 0.493 e. The molecule has 0 spiro atoms. The summed E-state index contributed by atoms with van der Waals surface area (Å²) in [7, 11) is 1.58. The summed E-state index contributed by atoms with van der Waals surface area (Å²) < 4.78 is 21.7. The molecule has 0 atom stereocenters. The topological polar surface area (TPSA) is 75.0 Å². The first-order valence-electron chi connectivity index (χ1n) is 10.3. The van der Waals surface area contributed by atoms with E-state index in [1.54, 1.807) is 31.4 Å². The molecule has 0 saturated carbocycles. The highest BCUT2D eigenvalue weighted by Crippen LogP contribution is 2.29. The lowest BCUT2D eigenvalue weighted by Crippen LogP contribution is -2.04. The standard InChI is InChI=1S/C25H26O6/c1-4-5-6-13-29-21-11-7-18(15-23(21)28-3)8-12-24(26)30-19-9-10-20-17(2)14-25(27)31-22(20)16-19/h7-12,14-16H,4-6,13H2,1-3H3/b12-8+. The molecule has 0 radical (unpaired) electrons. The molecule has 0 aliphatic carbocycles. The van der Waals surface area contributed by atoms with E-state index in [-0.39, 0.29) is 0 Å². The number of carbonyl (C=O) groups is 1. The number of ether oxygens (including phenoxy) is 3. The highest BCUT2D eigenvalue weighted by atomic mass is 16.5. The Balaban J connectivity index is 1.66. The molecule has 0 aliphatic rings. The molecule has 0 unspecified atom stereocenters. The Morgan fingerprint density at radius 1 is 1.06 bits per heavy atom. The number of esters is 1. The second-order valence-electron chi connectivity index (χ2n) is 7.13. The molecule has 0 N–H and O–H groups in total. The third-order valence-corrected chi connectivity index (χ3v) is 4.75. The van der Waals surface area contributed by atoms with E-state index in [1.165, 1.54) is 18.2 Å². The van der Waals surface area contributed by atoms with E-state index < -0.39 is 11.6 Å². The zero-order chi connectivity index (χ0) is 22.2. The van der Waals surface area contributed by atoms with Crippen molar-refractivity contribution in [3.05, 3.63) is 70.1 Å². The molecule has 0 saturated heterocycles. The number of unbranched alkanes of at least 4 members (excludes halogenated alkanes) is 2. The number of methoxy groups -OCH3 is 1. The Morgan fingerprint density at radius 3 is 2.68 bits per heavy atom. The first-order chi connectivity index (χ1) is 15.0. The molecule has 31 heavy (non-hydrogen) atoms. The summed E-state index contributed by atoms with van der Waals surface area (Å²) in [6.07, 6.45) is 6.21. The molecule has 1 heterocycles. The second kappa shape index (κ2) is 10.5. The smallest absolute Gasteiger partial charge is 0.336 e. The van der Waals surface area contributed by atoms with Gasteiger partial charge in [-0.25, -0.2) is 9.59 Å². The van der Waals surface area contributed by atoms with Gasteiger partial charge in [-0.05, 0) is 54.8 Å². The van der Waals surface area contributed by atoms with Crippen molar-refractivity contribution in [1.29, 1.82) is 0 Å². The van der Waals surface area contributed by atoms with Gasteiger partial charge in [0.1, 0.15) is 11.3 Å². The van der Waals surface area contributed by atoms with Crippen molar-refractivity contribution in [3.63, 3.8) is 0 Å². The SMILES string of the molecule is CCCCCOc1ccc(/C=C/C(=O)Oc2ccc3c(C)cc(=O)oc3c2)cc1OC. The lowest BCUT2D eigenvalue weighted by atomic mass is 10.1. The average molecular weight is 422 g/mol. The number of hydrogen-bond acceptors (Lipinski definition) is 6. The zero-order valence-electron chi connectivity index (χ0n) is 18.0. The first-order valence-corrected chi connectivity index (χ1v) is 10.3. The molecule has 0 aliphatic heterocycles. The summed E-state index contributed by atoms with van der Waals surface area (Å²) in [4.78, 5) is 23.8. The fraction of sp³-hybridized carbons (Fsp3) is 0.280. The van der Waals surface area contributed by atoms with Gasteiger partial charge >= 0.3 is 11.6 Å². The first kappa shape index (κ1) is 22.2. The highest BCUT2D eigenvalue weighted by molar-refractivity contribution is 5.89. The van der Waals surface area contributed by atoms with E-state index in [4.69, 9.17) is 18.6 Å². The quantitative estimate of drug-likeness (QED) is 0.153. The van der Waals surface area contributed by atoms with Gasteiger partial charge in [0.2, 0.25) is 0 Å². The van der Waals surface area contributed by atoms with Crippen LogP contribution >= 0.6 is 0 Å². The predicted molar refractivity (Wildman–Crippen MR) is 120 cm³/mol. The highest BCUT2D eigenvalue weighted by Gasteiger charge is 2.08. The normalized spacial score (nSPS) is 11.1. The van der Waals surface area contributed by atoms with E-state index in [1.807, 2.05) is 19.1 Å². The minimum Gasteiger partial charge on any atom is -0.493 e. The van der Waals surface area contributed by atoms with Crippen LogP contribution in [0.2, 0.25) is 0 Å². The van der Waals surface area contributed by atoms with Crippen LogP contribution in [0.3, 0.4) is 0 Å². The van der Waals surface area contributed by atoms with Crippen LogP contribution in [-0.2, 0) is 4.79 Å². The third kappa shape index (κ3) is 5.98. The molecule has 0 bridgehead atoms. The fourth-order valence-electron chi connectivity index (χ4n) is 3.12. The van der Waals surface area contributed by atoms with Crippen LogP contribution in [0.25, 0.3) is 17.0 Å². The molecule has 6 nitrogen and oxygen atoms in total. The van der Waals surface area contributed by atoms with Gasteiger partial charge in [0.15, 0.2) is 11.5 Å². The van der Waals surface area contributed by atoms with Crippen LogP contribution in [0, 0.1) is 6.92 Å². The molecule has 2 aromatic carbocycles. The van der Waals surface area contributed by atoms with Crippen molar-refractivity contribution in [2.45, 2.75) is 33.1 Å². The Kier molecular flexibility index (Phi) is 7.49. The van der Waals surface area contributed by atoms with Crippen LogP contribution in [0.1, 0.15) is 37.3 Å². The summed E-state index contributed by atoms with van der Waals surface area (Å²) in [5.41, 5.74) is 1.50. The predicted octanol–water partition coefficient (Wildman–Crippen LogP) is 5.30. The number of hydrogen-bond donors (Lipinski definition) is 0. The molecule has 0 fully saturated rings. The van der Waals surface area contributed by atoms with Crippen LogP contribution in [0.4, 0.5) is 0 Å². The van der Waals surface area contributed by atoms with Crippen molar-refractivity contribution in [3.8, 4) is 17.2 Å². The van der Waals surface area contributed by atoms with Gasteiger partial charge < -0.3 is 18.6 Å². The summed E-state index contributed by atoms with van der Waals surface area (Å²) in [6, 6.07) is 11.8. The van der Waals surface area contributed by atoms with E-state index in [0.29, 0.717) is 29.4 Å². The maximum atomic E-state index is 12.2. The summed E-state index contributed by atoms with van der Waals surface area (Å²) in [5.74, 6) is 1.02. The second-order valence-corrected chi connectivity index (χ2v) is 7.13. The fourth-order valence-corrected chi connectivity index (χ4v) is 3.12. The van der Waals surface area contributed by atoms with Gasteiger partial charge in [0.25, 0.3) is 0 Å². The maximum Gasteiger partial charge on any atom is 0.336 e. The monoisotopic (exact) mass is 422 g/mol. The number of benzene rings is 2. The van der Waals surface area contributed by atoms with E-state index in [9.17, 15) is 9.59 Å². The van der Waals surface area contributed by atoms with Gasteiger partial charge in [-0.1, -0.05) is 25.8 Å². The Morgan fingerprint density at radius 2 is 1.90 bits per heavy atom. The average Bonchev–Trinajstić information content (AvgIpc) is 2.75. The van der Waals surface area contributed by atoms with Crippen molar-refractivity contribution < 1.29 is 23.4 Å². The van der Waals surface area contributed by atoms with Crippen LogP contribution in [0.5, 0.6) is 17.2 Å². The lowest BCUT2D eigenvalue weighted by molar-refractivity contribution is -0.128. The molecule has 1 aromatic heterocycles. The maximum absolute atomic E-state index is 12.2. The summed E-state index contributed by atoms with van der Waals surface area (Å²) in [5, 5.41) is 0.791. The van der Waals surface area contributed by atoms with Gasteiger partial charge in [-0.15, -0.1) is 0 Å². The van der Waals surface area contributed by atoms with Gasteiger partial charge in [0, 0.05) is 23.6 Å². The molecular formula is C25H26O6. The lowest BCUT2D eigenvalue weighted by Gasteiger charge is -2.11. The molecule has 162 valence electrons. The number of aryl methyl sites for hydroxylation is 1.